The lowest BCUT2D eigenvalue weighted by molar-refractivity contribution is 0.156. The Morgan fingerprint density at radius 3 is 2.82 bits per heavy atom. The number of hydrogen-bond donors (Lipinski definition) is 0. The lowest BCUT2D eigenvalue weighted by Crippen LogP contribution is -2.39. The van der Waals surface area contributed by atoms with E-state index in [0.717, 1.165) is 6.54 Å². The van der Waals surface area contributed by atoms with Crippen LogP contribution in [0.3, 0.4) is 0 Å². The second kappa shape index (κ2) is 3.91. The summed E-state index contributed by atoms with van der Waals surface area (Å²) in [5, 5.41) is 0. The van der Waals surface area contributed by atoms with E-state index in [1.807, 2.05) is 23.1 Å². The van der Waals surface area contributed by atoms with E-state index >= 15 is 0 Å². The van der Waals surface area contributed by atoms with Gasteiger partial charge in [-0.1, -0.05) is 43.3 Å². The van der Waals surface area contributed by atoms with E-state index in [1.54, 1.807) is 0 Å². The molecule has 0 unspecified atom stereocenters. The standard InChI is InChI=1S/C14H15NO2/c1-10-8-15-12(9-17-14(15)16)7-13(10)11-5-3-2-4-6-11/h2-7,10,12H,8-9H2,1H3/t10-,12-/m0/s1. The highest BCUT2D eigenvalue weighted by atomic mass is 16.6. The van der Waals surface area contributed by atoms with Crippen LogP contribution < -0.4 is 0 Å². The van der Waals surface area contributed by atoms with Crippen molar-refractivity contribution in [2.75, 3.05) is 13.2 Å². The van der Waals surface area contributed by atoms with Crippen molar-refractivity contribution in [2.45, 2.75) is 13.0 Å². The molecular formula is C14H15NO2. The third-order valence-corrected chi connectivity index (χ3v) is 3.49. The topological polar surface area (TPSA) is 29.5 Å². The lowest BCUT2D eigenvalue weighted by atomic mass is 9.88. The number of ether oxygens (including phenoxy) is 1. The largest absolute Gasteiger partial charge is 0.447 e. The number of nitrogens with zero attached hydrogens (tertiary/aromatic N) is 1. The normalized spacial score (nSPS) is 27.5. The van der Waals surface area contributed by atoms with Crippen molar-refractivity contribution in [3.8, 4) is 0 Å². The molecule has 88 valence electrons. The summed E-state index contributed by atoms with van der Waals surface area (Å²) in [5.41, 5.74) is 2.57. The van der Waals surface area contributed by atoms with Crippen LogP contribution in [0.25, 0.3) is 5.57 Å². The van der Waals surface area contributed by atoms with Gasteiger partial charge in [0.2, 0.25) is 0 Å². The predicted molar refractivity (Wildman–Crippen MR) is 65.4 cm³/mol. The summed E-state index contributed by atoms with van der Waals surface area (Å²) in [6, 6.07) is 10.5. The number of cyclic esters (lactones) is 1. The fraction of sp³-hybridized carbons (Fsp3) is 0.357. The summed E-state index contributed by atoms with van der Waals surface area (Å²) in [6.45, 7) is 3.40. The molecule has 0 N–H and O–H groups in total. The Morgan fingerprint density at radius 1 is 1.29 bits per heavy atom. The first-order chi connectivity index (χ1) is 8.25. The van der Waals surface area contributed by atoms with Crippen LogP contribution in [-0.4, -0.2) is 30.2 Å². The first kappa shape index (κ1) is 10.4. The van der Waals surface area contributed by atoms with E-state index in [0.29, 0.717) is 12.5 Å². The van der Waals surface area contributed by atoms with Gasteiger partial charge in [0.1, 0.15) is 6.61 Å². The van der Waals surface area contributed by atoms with Gasteiger partial charge >= 0.3 is 6.09 Å². The quantitative estimate of drug-likeness (QED) is 0.740. The Balaban J connectivity index is 1.96. The van der Waals surface area contributed by atoms with Crippen LogP contribution in [0.1, 0.15) is 12.5 Å². The Labute approximate surface area is 101 Å². The smallest absolute Gasteiger partial charge is 0.410 e. The molecule has 2 aliphatic rings. The van der Waals surface area contributed by atoms with Crippen molar-refractivity contribution < 1.29 is 9.53 Å². The minimum atomic E-state index is -0.176. The molecule has 0 spiro atoms. The van der Waals surface area contributed by atoms with Crippen molar-refractivity contribution >= 4 is 11.7 Å². The zero-order valence-electron chi connectivity index (χ0n) is 9.80. The van der Waals surface area contributed by atoms with Crippen molar-refractivity contribution in [1.29, 1.82) is 0 Å². The second-order valence-corrected chi connectivity index (χ2v) is 4.69. The Morgan fingerprint density at radius 2 is 2.06 bits per heavy atom. The molecular weight excluding hydrogens is 214 g/mol. The van der Waals surface area contributed by atoms with Crippen LogP contribution in [0.2, 0.25) is 0 Å². The molecule has 2 heterocycles. The summed E-state index contributed by atoms with van der Waals surface area (Å²) in [7, 11) is 0. The fourth-order valence-electron chi connectivity index (χ4n) is 2.59. The molecule has 1 aromatic carbocycles. The molecule has 1 aromatic rings. The monoisotopic (exact) mass is 229 g/mol. The molecule has 3 nitrogen and oxygen atoms in total. The summed E-state index contributed by atoms with van der Waals surface area (Å²) in [6.07, 6.45) is 2.00. The highest BCUT2D eigenvalue weighted by Gasteiger charge is 2.36. The molecule has 3 rings (SSSR count). The minimum absolute atomic E-state index is 0.119. The van der Waals surface area contributed by atoms with E-state index < -0.39 is 0 Å². The minimum Gasteiger partial charge on any atom is -0.447 e. The zero-order chi connectivity index (χ0) is 11.8. The summed E-state index contributed by atoms with van der Waals surface area (Å²) < 4.78 is 5.07. The molecule has 0 aliphatic carbocycles. The summed E-state index contributed by atoms with van der Waals surface area (Å²) >= 11 is 0. The summed E-state index contributed by atoms with van der Waals surface area (Å²) in [5.74, 6) is 0.360. The zero-order valence-corrected chi connectivity index (χ0v) is 9.80. The van der Waals surface area contributed by atoms with Crippen LogP contribution in [-0.2, 0) is 4.74 Å². The van der Waals surface area contributed by atoms with Gasteiger partial charge in [0.15, 0.2) is 0 Å². The Kier molecular flexibility index (Phi) is 2.39. The second-order valence-electron chi connectivity index (χ2n) is 4.69. The molecule has 0 saturated carbocycles. The number of carbonyl (C=O) groups is 1. The average molecular weight is 229 g/mol. The molecule has 0 radical (unpaired) electrons. The molecule has 17 heavy (non-hydrogen) atoms. The third kappa shape index (κ3) is 1.71. The molecule has 0 aromatic heterocycles. The van der Waals surface area contributed by atoms with Crippen LogP contribution >= 0.6 is 0 Å². The first-order valence-corrected chi connectivity index (χ1v) is 5.96. The predicted octanol–water partition coefficient (Wildman–Crippen LogP) is 2.54. The molecule has 1 fully saturated rings. The maximum absolute atomic E-state index is 11.5. The van der Waals surface area contributed by atoms with Gasteiger partial charge in [-0.15, -0.1) is 0 Å². The van der Waals surface area contributed by atoms with Crippen LogP contribution in [0.5, 0.6) is 0 Å². The number of fused-ring (bicyclic) bond motifs is 1. The van der Waals surface area contributed by atoms with Gasteiger partial charge in [-0.2, -0.15) is 0 Å². The highest BCUT2D eigenvalue weighted by Crippen LogP contribution is 2.32. The van der Waals surface area contributed by atoms with Crippen molar-refractivity contribution in [3.05, 3.63) is 42.0 Å². The van der Waals surface area contributed by atoms with Crippen molar-refractivity contribution in [3.63, 3.8) is 0 Å². The van der Waals surface area contributed by atoms with Gasteiger partial charge in [-0.3, -0.25) is 4.90 Å². The molecule has 1 saturated heterocycles. The number of rotatable bonds is 1. The SMILES string of the molecule is C[C@H]1CN2C(=O)OC[C@@H]2C=C1c1ccccc1. The van der Waals surface area contributed by atoms with Gasteiger partial charge in [-0.25, -0.2) is 4.79 Å². The van der Waals surface area contributed by atoms with Gasteiger partial charge in [0.25, 0.3) is 0 Å². The number of carbonyl (C=O) groups excluding carboxylic acids is 1. The van der Waals surface area contributed by atoms with Gasteiger partial charge in [0, 0.05) is 6.54 Å². The maximum atomic E-state index is 11.5. The van der Waals surface area contributed by atoms with Gasteiger partial charge < -0.3 is 4.74 Å². The van der Waals surface area contributed by atoms with E-state index in [1.165, 1.54) is 11.1 Å². The van der Waals surface area contributed by atoms with E-state index in [-0.39, 0.29) is 12.1 Å². The first-order valence-electron chi connectivity index (χ1n) is 5.96. The van der Waals surface area contributed by atoms with Gasteiger partial charge in [-0.05, 0) is 17.1 Å². The fourth-order valence-corrected chi connectivity index (χ4v) is 2.59. The van der Waals surface area contributed by atoms with E-state index in [9.17, 15) is 4.79 Å². The number of hydrogen-bond acceptors (Lipinski definition) is 2. The van der Waals surface area contributed by atoms with Crippen molar-refractivity contribution in [1.82, 2.24) is 4.90 Å². The van der Waals surface area contributed by atoms with Crippen LogP contribution in [0.15, 0.2) is 36.4 Å². The van der Waals surface area contributed by atoms with Crippen LogP contribution in [0, 0.1) is 5.92 Å². The highest BCUT2D eigenvalue weighted by molar-refractivity contribution is 5.76. The molecule has 2 atom stereocenters. The van der Waals surface area contributed by atoms with Crippen molar-refractivity contribution in [2.24, 2.45) is 5.92 Å². The average Bonchev–Trinajstić information content (AvgIpc) is 2.71. The number of amides is 1. The van der Waals surface area contributed by atoms with Crippen LogP contribution in [0.4, 0.5) is 4.79 Å². The van der Waals surface area contributed by atoms with Gasteiger partial charge in [0.05, 0.1) is 6.04 Å². The Hall–Kier alpha value is -1.77. The molecule has 1 amide bonds. The molecule has 3 heteroatoms. The number of benzene rings is 1. The van der Waals surface area contributed by atoms with E-state index in [4.69, 9.17) is 4.74 Å². The maximum Gasteiger partial charge on any atom is 0.410 e. The molecule has 0 bridgehead atoms. The Bertz CT molecular complexity index is 466. The third-order valence-electron chi connectivity index (χ3n) is 3.49. The summed E-state index contributed by atoms with van der Waals surface area (Å²) in [4.78, 5) is 13.3. The lowest BCUT2D eigenvalue weighted by Gasteiger charge is -2.30. The molecule has 2 aliphatic heterocycles. The van der Waals surface area contributed by atoms with E-state index in [2.05, 4.69) is 25.1 Å².